The van der Waals surface area contributed by atoms with E-state index in [1.807, 2.05) is 25.0 Å². The molecule has 0 amide bonds. The molecule has 2 fully saturated rings. The Hall–Kier alpha value is -1.61. The lowest BCUT2D eigenvalue weighted by molar-refractivity contribution is 0.184. The third kappa shape index (κ3) is 6.25. The van der Waals surface area contributed by atoms with E-state index in [1.54, 1.807) is 0 Å². The van der Waals surface area contributed by atoms with Crippen LogP contribution in [0.4, 0.5) is 0 Å². The third-order valence-corrected chi connectivity index (χ3v) is 7.07. The van der Waals surface area contributed by atoms with Crippen molar-refractivity contribution in [1.29, 1.82) is 0 Å². The Balaban J connectivity index is 0.00000289. The summed E-state index contributed by atoms with van der Waals surface area (Å²) in [5.41, 5.74) is 4.12. The second kappa shape index (κ2) is 12.0. The van der Waals surface area contributed by atoms with Gasteiger partial charge in [-0.1, -0.05) is 43.5 Å². The van der Waals surface area contributed by atoms with E-state index < -0.39 is 0 Å². The number of rotatable bonds is 6. The Morgan fingerprint density at radius 1 is 1.16 bits per heavy atom. The zero-order chi connectivity index (χ0) is 21.6. The van der Waals surface area contributed by atoms with E-state index in [0.29, 0.717) is 5.92 Å². The van der Waals surface area contributed by atoms with Crippen LogP contribution in [0, 0.1) is 0 Å². The number of aliphatic imine (C=N–C) groups is 1. The molecule has 1 aromatic heterocycles. The monoisotopic (exact) mass is 550 g/mol. The minimum absolute atomic E-state index is 0. The fourth-order valence-corrected chi connectivity index (χ4v) is 5.19. The molecule has 7 heteroatoms. The summed E-state index contributed by atoms with van der Waals surface area (Å²) in [5.74, 6) is 1.53. The summed E-state index contributed by atoms with van der Waals surface area (Å²) in [6.07, 6.45) is 12.1. The minimum atomic E-state index is 0. The van der Waals surface area contributed by atoms with Crippen molar-refractivity contribution in [2.24, 2.45) is 12.0 Å². The first-order valence-corrected chi connectivity index (χ1v) is 11.8. The maximum absolute atomic E-state index is 4.58. The fourth-order valence-electron chi connectivity index (χ4n) is 5.19. The van der Waals surface area contributed by atoms with Gasteiger partial charge in [-0.25, -0.2) is 0 Å². The van der Waals surface area contributed by atoms with Crippen LogP contribution in [0.5, 0.6) is 0 Å². The molecule has 2 aromatic rings. The van der Waals surface area contributed by atoms with Gasteiger partial charge in [-0.3, -0.25) is 14.6 Å². The quantitative estimate of drug-likeness (QED) is 0.330. The lowest BCUT2D eigenvalue weighted by Crippen LogP contribution is -2.39. The lowest BCUT2D eigenvalue weighted by Gasteiger charge is -2.31. The van der Waals surface area contributed by atoms with Crippen molar-refractivity contribution < 1.29 is 0 Å². The molecule has 2 heterocycles. The van der Waals surface area contributed by atoms with Crippen molar-refractivity contribution in [2.45, 2.75) is 63.6 Å². The van der Waals surface area contributed by atoms with E-state index >= 15 is 0 Å². The number of nitrogens with zero attached hydrogens (tertiary/aromatic N) is 5. The smallest absolute Gasteiger partial charge is 0.193 e. The van der Waals surface area contributed by atoms with Crippen LogP contribution >= 0.6 is 24.0 Å². The first-order valence-electron chi connectivity index (χ1n) is 11.8. The van der Waals surface area contributed by atoms with Gasteiger partial charge in [0.1, 0.15) is 0 Å². The molecule has 4 rings (SSSR count). The van der Waals surface area contributed by atoms with Crippen LogP contribution < -0.4 is 5.32 Å². The van der Waals surface area contributed by atoms with E-state index in [0.717, 1.165) is 44.6 Å². The highest BCUT2D eigenvalue weighted by Crippen LogP contribution is 2.27. The Bertz CT molecular complexity index is 873. The number of hydrogen-bond donors (Lipinski definition) is 1. The molecule has 1 aliphatic carbocycles. The Morgan fingerprint density at radius 3 is 2.59 bits per heavy atom. The van der Waals surface area contributed by atoms with E-state index in [-0.39, 0.29) is 24.0 Å². The standard InChI is InChI=1S/C25H38N6.HI/c1-26-25(31-14-13-22(19-31)23-16-28-30(3)18-23)27-15-20-9-7-8-10-21(20)17-29(2)24-11-5-4-6-12-24;/h7-10,16,18,22,24H,4-6,11-15,17,19H2,1-3H3,(H,26,27);1H. The number of halogens is 1. The van der Waals surface area contributed by atoms with E-state index in [1.165, 1.54) is 48.8 Å². The van der Waals surface area contributed by atoms with Gasteiger partial charge >= 0.3 is 0 Å². The second-order valence-electron chi connectivity index (χ2n) is 9.26. The molecule has 32 heavy (non-hydrogen) atoms. The number of hydrogen-bond acceptors (Lipinski definition) is 3. The first kappa shape index (κ1) is 25.0. The van der Waals surface area contributed by atoms with Crippen molar-refractivity contribution in [3.05, 3.63) is 53.3 Å². The van der Waals surface area contributed by atoms with Crippen LogP contribution in [0.3, 0.4) is 0 Å². The summed E-state index contributed by atoms with van der Waals surface area (Å²) in [6, 6.07) is 9.59. The van der Waals surface area contributed by atoms with Crippen molar-refractivity contribution in [1.82, 2.24) is 24.9 Å². The largest absolute Gasteiger partial charge is 0.352 e. The maximum Gasteiger partial charge on any atom is 0.193 e. The predicted octanol–water partition coefficient (Wildman–Crippen LogP) is 4.37. The second-order valence-corrected chi connectivity index (χ2v) is 9.26. The summed E-state index contributed by atoms with van der Waals surface area (Å²) < 4.78 is 1.90. The van der Waals surface area contributed by atoms with Crippen molar-refractivity contribution >= 4 is 29.9 Å². The van der Waals surface area contributed by atoms with Crippen LogP contribution in [0.1, 0.15) is 61.1 Å². The lowest BCUT2D eigenvalue weighted by atomic mass is 9.94. The van der Waals surface area contributed by atoms with Gasteiger partial charge in [-0.15, -0.1) is 24.0 Å². The van der Waals surface area contributed by atoms with Gasteiger partial charge in [0.25, 0.3) is 0 Å². The maximum atomic E-state index is 4.58. The van der Waals surface area contributed by atoms with Gasteiger partial charge in [-0.2, -0.15) is 5.10 Å². The van der Waals surface area contributed by atoms with Gasteiger partial charge in [0.05, 0.1) is 6.20 Å². The first-order chi connectivity index (χ1) is 15.1. The van der Waals surface area contributed by atoms with E-state index in [9.17, 15) is 0 Å². The number of nitrogens with one attached hydrogen (secondary N) is 1. The third-order valence-electron chi connectivity index (χ3n) is 7.07. The number of aryl methyl sites for hydroxylation is 1. The Morgan fingerprint density at radius 2 is 1.91 bits per heavy atom. The summed E-state index contributed by atoms with van der Waals surface area (Å²) in [6.45, 7) is 3.87. The Kier molecular flexibility index (Phi) is 9.40. The number of guanidine groups is 1. The molecule has 1 atom stereocenters. The fraction of sp³-hybridized carbons (Fsp3) is 0.600. The predicted molar refractivity (Wildman–Crippen MR) is 143 cm³/mol. The molecule has 6 nitrogen and oxygen atoms in total. The highest BCUT2D eigenvalue weighted by atomic mass is 127. The molecule has 1 saturated heterocycles. The average Bonchev–Trinajstić information content (AvgIpc) is 3.45. The zero-order valence-electron chi connectivity index (χ0n) is 19.8. The van der Waals surface area contributed by atoms with Gasteiger partial charge in [0, 0.05) is 58.4 Å². The summed E-state index contributed by atoms with van der Waals surface area (Å²) >= 11 is 0. The van der Waals surface area contributed by atoms with Crippen molar-refractivity contribution in [3.63, 3.8) is 0 Å². The van der Waals surface area contributed by atoms with E-state index in [2.05, 4.69) is 62.7 Å². The van der Waals surface area contributed by atoms with Crippen molar-refractivity contribution in [2.75, 3.05) is 27.2 Å². The molecular formula is C25H39IN6. The average molecular weight is 551 g/mol. The van der Waals surface area contributed by atoms with Crippen LogP contribution in [0.15, 0.2) is 41.7 Å². The summed E-state index contributed by atoms with van der Waals surface area (Å²) in [4.78, 5) is 9.53. The van der Waals surface area contributed by atoms with E-state index in [4.69, 9.17) is 0 Å². The van der Waals surface area contributed by atoms with Gasteiger partial charge in [0.15, 0.2) is 5.96 Å². The van der Waals surface area contributed by atoms with Gasteiger partial charge < -0.3 is 10.2 Å². The number of benzene rings is 1. The molecule has 1 aliphatic heterocycles. The molecular weight excluding hydrogens is 511 g/mol. The molecule has 0 radical (unpaired) electrons. The number of aromatic nitrogens is 2. The van der Waals surface area contributed by atoms with Gasteiger partial charge in [0.2, 0.25) is 0 Å². The topological polar surface area (TPSA) is 48.7 Å². The molecule has 0 spiro atoms. The molecule has 1 aromatic carbocycles. The highest BCUT2D eigenvalue weighted by Gasteiger charge is 2.27. The van der Waals surface area contributed by atoms with Crippen LogP contribution in [-0.4, -0.2) is 58.8 Å². The number of likely N-dealkylation sites (tertiary alicyclic amines) is 1. The zero-order valence-corrected chi connectivity index (χ0v) is 22.2. The van der Waals surface area contributed by atoms with Crippen molar-refractivity contribution in [3.8, 4) is 0 Å². The molecule has 1 saturated carbocycles. The SMILES string of the molecule is CN=C(NCc1ccccc1CN(C)C1CCCCC1)N1CCC(c2cnn(C)c2)C1.I. The molecule has 176 valence electrons. The minimum Gasteiger partial charge on any atom is -0.352 e. The molecule has 1 N–H and O–H groups in total. The van der Waals surface area contributed by atoms with Crippen LogP contribution in [-0.2, 0) is 20.1 Å². The highest BCUT2D eigenvalue weighted by molar-refractivity contribution is 14.0. The summed E-state index contributed by atoms with van der Waals surface area (Å²) in [7, 11) is 6.17. The van der Waals surface area contributed by atoms with Crippen LogP contribution in [0.25, 0.3) is 0 Å². The van der Waals surface area contributed by atoms with Gasteiger partial charge in [-0.05, 0) is 43.0 Å². The molecule has 2 aliphatic rings. The van der Waals surface area contributed by atoms with Crippen LogP contribution in [0.2, 0.25) is 0 Å². The molecule has 1 unspecified atom stereocenters. The summed E-state index contributed by atoms with van der Waals surface area (Å²) in [5, 5.41) is 7.98. The molecule has 0 bridgehead atoms. The normalized spacial score (nSPS) is 19.9. The Labute approximate surface area is 210 Å².